The largest absolute Gasteiger partial charge is 0.494 e. The third kappa shape index (κ3) is 2.82. The fourth-order valence-electron chi connectivity index (χ4n) is 2.28. The van der Waals surface area contributed by atoms with Crippen LogP contribution in [0.3, 0.4) is 0 Å². The predicted molar refractivity (Wildman–Crippen MR) is 81.2 cm³/mol. The van der Waals surface area contributed by atoms with Crippen LogP contribution in [0.15, 0.2) is 60.7 Å². The summed E-state index contributed by atoms with van der Waals surface area (Å²) in [5, 5.41) is 2.17. The standard InChI is InChI=1S/C18H15FO2/c1-20-18-10-9-13(11-16(18)19)12-21-17-8-4-6-14-5-2-3-7-15(14)17/h2-11H,12H2,1H3. The zero-order valence-corrected chi connectivity index (χ0v) is 11.7. The molecule has 0 atom stereocenters. The second-order valence-corrected chi connectivity index (χ2v) is 4.73. The van der Waals surface area contributed by atoms with E-state index in [2.05, 4.69) is 0 Å². The quantitative estimate of drug-likeness (QED) is 0.698. The first kappa shape index (κ1) is 13.4. The number of hydrogen-bond acceptors (Lipinski definition) is 2. The van der Waals surface area contributed by atoms with Crippen molar-refractivity contribution in [2.75, 3.05) is 7.11 Å². The lowest BCUT2D eigenvalue weighted by Gasteiger charge is -2.10. The van der Waals surface area contributed by atoms with Gasteiger partial charge in [0.2, 0.25) is 0 Å². The molecule has 0 aliphatic carbocycles. The van der Waals surface area contributed by atoms with Gasteiger partial charge in [0.1, 0.15) is 12.4 Å². The van der Waals surface area contributed by atoms with Crippen LogP contribution >= 0.6 is 0 Å². The van der Waals surface area contributed by atoms with Gasteiger partial charge >= 0.3 is 0 Å². The van der Waals surface area contributed by atoms with Gasteiger partial charge in [-0.15, -0.1) is 0 Å². The molecule has 0 fully saturated rings. The van der Waals surface area contributed by atoms with Crippen molar-refractivity contribution < 1.29 is 13.9 Å². The monoisotopic (exact) mass is 282 g/mol. The SMILES string of the molecule is COc1ccc(COc2cccc3ccccc23)cc1F. The number of halogens is 1. The zero-order valence-electron chi connectivity index (χ0n) is 11.7. The average molecular weight is 282 g/mol. The highest BCUT2D eigenvalue weighted by atomic mass is 19.1. The van der Waals surface area contributed by atoms with E-state index >= 15 is 0 Å². The van der Waals surface area contributed by atoms with Gasteiger partial charge in [-0.2, -0.15) is 0 Å². The third-order valence-electron chi connectivity index (χ3n) is 3.36. The van der Waals surface area contributed by atoms with Crippen LogP contribution in [0.5, 0.6) is 11.5 Å². The van der Waals surface area contributed by atoms with E-state index in [4.69, 9.17) is 9.47 Å². The van der Waals surface area contributed by atoms with E-state index in [1.165, 1.54) is 13.2 Å². The van der Waals surface area contributed by atoms with Crippen LogP contribution < -0.4 is 9.47 Å². The lowest BCUT2D eigenvalue weighted by Crippen LogP contribution is -1.97. The number of rotatable bonds is 4. The number of benzene rings is 3. The normalized spacial score (nSPS) is 10.6. The zero-order chi connectivity index (χ0) is 14.7. The van der Waals surface area contributed by atoms with Crippen molar-refractivity contribution in [2.45, 2.75) is 6.61 Å². The van der Waals surface area contributed by atoms with Gasteiger partial charge in [0.05, 0.1) is 7.11 Å². The molecular formula is C18H15FO2. The summed E-state index contributed by atoms with van der Waals surface area (Å²) in [6.45, 7) is 0.314. The average Bonchev–Trinajstić information content (AvgIpc) is 2.53. The Morgan fingerprint density at radius 1 is 0.905 bits per heavy atom. The molecule has 0 saturated carbocycles. The highest BCUT2D eigenvalue weighted by molar-refractivity contribution is 5.88. The molecule has 0 bridgehead atoms. The van der Waals surface area contributed by atoms with E-state index in [0.717, 1.165) is 22.1 Å². The van der Waals surface area contributed by atoms with Crippen molar-refractivity contribution in [3.05, 3.63) is 72.0 Å². The first-order chi connectivity index (χ1) is 10.3. The maximum absolute atomic E-state index is 13.6. The maximum Gasteiger partial charge on any atom is 0.165 e. The summed E-state index contributed by atoms with van der Waals surface area (Å²) in [6.07, 6.45) is 0. The van der Waals surface area contributed by atoms with E-state index in [-0.39, 0.29) is 11.6 Å². The fraction of sp³-hybridized carbons (Fsp3) is 0.111. The second-order valence-electron chi connectivity index (χ2n) is 4.73. The van der Waals surface area contributed by atoms with Crippen molar-refractivity contribution in [2.24, 2.45) is 0 Å². The molecule has 3 aromatic carbocycles. The van der Waals surface area contributed by atoms with Crippen LogP contribution in [0.4, 0.5) is 4.39 Å². The Labute approximate surface area is 122 Å². The van der Waals surface area contributed by atoms with Crippen molar-refractivity contribution in [1.29, 1.82) is 0 Å². The van der Waals surface area contributed by atoms with Crippen LogP contribution in [0, 0.1) is 5.82 Å². The summed E-state index contributed by atoms with van der Waals surface area (Å²) in [6, 6.07) is 18.8. The predicted octanol–water partition coefficient (Wildman–Crippen LogP) is 4.57. The van der Waals surface area contributed by atoms with Crippen LogP contribution in [0.2, 0.25) is 0 Å². The molecule has 106 valence electrons. The van der Waals surface area contributed by atoms with Crippen molar-refractivity contribution in [3.8, 4) is 11.5 Å². The highest BCUT2D eigenvalue weighted by Crippen LogP contribution is 2.26. The molecule has 0 radical (unpaired) electrons. The molecule has 3 aromatic rings. The molecule has 0 spiro atoms. The summed E-state index contributed by atoms with van der Waals surface area (Å²) in [4.78, 5) is 0. The molecule has 3 heteroatoms. The van der Waals surface area contributed by atoms with E-state index < -0.39 is 0 Å². The van der Waals surface area contributed by atoms with Gasteiger partial charge in [0.25, 0.3) is 0 Å². The molecule has 3 rings (SSSR count). The minimum atomic E-state index is -0.378. The smallest absolute Gasteiger partial charge is 0.165 e. The Bertz CT molecular complexity index is 763. The Balaban J connectivity index is 1.82. The third-order valence-corrected chi connectivity index (χ3v) is 3.36. The van der Waals surface area contributed by atoms with Crippen LogP contribution in [0.25, 0.3) is 10.8 Å². The van der Waals surface area contributed by atoms with E-state index in [1.807, 2.05) is 42.5 Å². The summed E-state index contributed by atoms with van der Waals surface area (Å²) in [5.74, 6) is 0.657. The van der Waals surface area contributed by atoms with Gasteiger partial charge in [-0.3, -0.25) is 0 Å². The number of hydrogen-bond donors (Lipinski definition) is 0. The molecule has 0 heterocycles. The Morgan fingerprint density at radius 3 is 2.52 bits per heavy atom. The van der Waals surface area contributed by atoms with Crippen molar-refractivity contribution in [3.63, 3.8) is 0 Å². The molecular weight excluding hydrogens is 267 g/mol. The van der Waals surface area contributed by atoms with Crippen LogP contribution in [0.1, 0.15) is 5.56 Å². The molecule has 0 unspecified atom stereocenters. The lowest BCUT2D eigenvalue weighted by atomic mass is 10.1. The minimum absolute atomic E-state index is 0.240. The summed E-state index contributed by atoms with van der Waals surface area (Å²) >= 11 is 0. The molecule has 0 aliphatic rings. The summed E-state index contributed by atoms with van der Waals surface area (Å²) < 4.78 is 24.4. The van der Waals surface area contributed by atoms with E-state index in [0.29, 0.717) is 6.61 Å². The molecule has 0 saturated heterocycles. The first-order valence-corrected chi connectivity index (χ1v) is 6.71. The Morgan fingerprint density at radius 2 is 1.71 bits per heavy atom. The summed E-state index contributed by atoms with van der Waals surface area (Å²) in [5.41, 5.74) is 0.765. The Hall–Kier alpha value is -2.55. The molecule has 0 aliphatic heterocycles. The first-order valence-electron chi connectivity index (χ1n) is 6.71. The van der Waals surface area contributed by atoms with Gasteiger partial charge in [-0.05, 0) is 29.1 Å². The molecule has 2 nitrogen and oxygen atoms in total. The van der Waals surface area contributed by atoms with Crippen LogP contribution in [-0.4, -0.2) is 7.11 Å². The second kappa shape index (κ2) is 5.83. The maximum atomic E-state index is 13.6. The van der Waals surface area contributed by atoms with Gasteiger partial charge in [0.15, 0.2) is 11.6 Å². The van der Waals surface area contributed by atoms with Crippen molar-refractivity contribution >= 4 is 10.8 Å². The van der Waals surface area contributed by atoms with Crippen LogP contribution in [-0.2, 0) is 6.61 Å². The fourth-order valence-corrected chi connectivity index (χ4v) is 2.28. The minimum Gasteiger partial charge on any atom is -0.494 e. The molecule has 0 N–H and O–H groups in total. The Kier molecular flexibility index (Phi) is 3.73. The highest BCUT2D eigenvalue weighted by Gasteiger charge is 2.05. The number of ether oxygens (including phenoxy) is 2. The number of methoxy groups -OCH3 is 1. The van der Waals surface area contributed by atoms with Crippen molar-refractivity contribution in [1.82, 2.24) is 0 Å². The molecule has 21 heavy (non-hydrogen) atoms. The van der Waals surface area contributed by atoms with E-state index in [9.17, 15) is 4.39 Å². The number of fused-ring (bicyclic) bond motifs is 1. The topological polar surface area (TPSA) is 18.5 Å². The van der Waals surface area contributed by atoms with E-state index in [1.54, 1.807) is 12.1 Å². The summed E-state index contributed by atoms with van der Waals surface area (Å²) in [7, 11) is 1.45. The lowest BCUT2D eigenvalue weighted by molar-refractivity contribution is 0.308. The van der Waals surface area contributed by atoms with Gasteiger partial charge < -0.3 is 9.47 Å². The van der Waals surface area contributed by atoms with Gasteiger partial charge in [0, 0.05) is 5.39 Å². The van der Waals surface area contributed by atoms with Gasteiger partial charge in [-0.1, -0.05) is 42.5 Å². The van der Waals surface area contributed by atoms with Gasteiger partial charge in [-0.25, -0.2) is 4.39 Å². The molecule has 0 amide bonds. The molecule has 0 aromatic heterocycles.